The molecule has 1 aromatic carbocycles. The Balaban J connectivity index is 2.19. The third-order valence-electron chi connectivity index (χ3n) is 2.43. The molecule has 0 spiro atoms. The van der Waals surface area contributed by atoms with Gasteiger partial charge in [-0.1, -0.05) is 52.7 Å². The molecule has 0 aromatic heterocycles. The average molecular weight is 224 g/mol. The smallest absolute Gasteiger partial charge is 0.0251 e. The molecule has 1 atom stereocenters. The zero-order chi connectivity index (χ0) is 8.39. The molecule has 0 heterocycles. The molecular weight excluding hydrogens is 212 g/mol. The predicted molar refractivity (Wildman–Crippen MR) is 55.4 cm³/mol. The zero-order valence-electron chi connectivity index (χ0n) is 6.96. The minimum Gasteiger partial charge on any atom is -0.0881 e. The first-order valence-electron chi connectivity index (χ1n) is 4.43. The number of halogens is 1. The third-order valence-corrected chi connectivity index (χ3v) is 3.44. The lowest BCUT2D eigenvalue weighted by Gasteiger charge is -2.12. The van der Waals surface area contributed by atoms with Crippen molar-refractivity contribution in [3.63, 3.8) is 0 Å². The molecule has 0 amide bonds. The monoisotopic (exact) mass is 223 g/mol. The van der Waals surface area contributed by atoms with Crippen LogP contribution in [0.4, 0.5) is 0 Å². The highest BCUT2D eigenvalue weighted by atomic mass is 79.9. The van der Waals surface area contributed by atoms with Gasteiger partial charge in [0.1, 0.15) is 0 Å². The molecule has 0 N–H and O–H groups in total. The minimum absolute atomic E-state index is 0.625. The summed E-state index contributed by atoms with van der Waals surface area (Å²) in [6, 6.07) is 10.7. The van der Waals surface area contributed by atoms with Gasteiger partial charge in [0.25, 0.3) is 0 Å². The first-order chi connectivity index (χ1) is 5.88. The number of benzene rings is 1. The van der Waals surface area contributed by atoms with Crippen LogP contribution in [0, 0.1) is 5.92 Å². The summed E-state index contributed by atoms with van der Waals surface area (Å²) in [7, 11) is 0. The lowest BCUT2D eigenvalue weighted by Crippen LogP contribution is -2.04. The Labute approximate surface area is 82.1 Å². The molecule has 1 unspecified atom stereocenters. The normalized spacial score (nSPS) is 24.6. The molecule has 2 rings (SSSR count). The van der Waals surface area contributed by atoms with Crippen molar-refractivity contribution in [3.8, 4) is 0 Å². The zero-order valence-corrected chi connectivity index (χ0v) is 8.55. The van der Waals surface area contributed by atoms with E-state index in [0.29, 0.717) is 4.83 Å². The van der Waals surface area contributed by atoms with Crippen LogP contribution in [0.2, 0.25) is 0 Å². The Hall–Kier alpha value is -0.300. The summed E-state index contributed by atoms with van der Waals surface area (Å²) >= 11 is 3.70. The van der Waals surface area contributed by atoms with Gasteiger partial charge in [-0.15, -0.1) is 0 Å². The quantitative estimate of drug-likeness (QED) is 0.640. The number of hydrogen-bond acceptors (Lipinski definition) is 0. The second kappa shape index (κ2) is 3.61. The average Bonchev–Trinajstić information content (AvgIpc) is 2.53. The van der Waals surface area contributed by atoms with Crippen LogP contribution < -0.4 is 0 Å². The lowest BCUT2D eigenvalue weighted by molar-refractivity contribution is 0.896. The van der Waals surface area contributed by atoms with Gasteiger partial charge in [0, 0.05) is 10.7 Å². The predicted octanol–water partition coefficient (Wildman–Crippen LogP) is 3.56. The van der Waals surface area contributed by atoms with Crippen LogP contribution in [0.25, 0.3) is 0 Å². The van der Waals surface area contributed by atoms with E-state index in [2.05, 4.69) is 46.3 Å². The maximum atomic E-state index is 3.70. The Morgan fingerprint density at radius 1 is 1.17 bits per heavy atom. The maximum Gasteiger partial charge on any atom is 0.0251 e. The molecule has 0 saturated heterocycles. The van der Waals surface area contributed by atoms with Crippen molar-refractivity contribution in [2.45, 2.75) is 24.1 Å². The van der Waals surface area contributed by atoms with Gasteiger partial charge in [-0.05, 0) is 18.4 Å². The molecular formula is C11H12Br. The van der Waals surface area contributed by atoms with Crippen molar-refractivity contribution < 1.29 is 0 Å². The highest BCUT2D eigenvalue weighted by molar-refractivity contribution is 9.09. The molecule has 63 valence electrons. The van der Waals surface area contributed by atoms with Gasteiger partial charge in [0.2, 0.25) is 0 Å². The largest absolute Gasteiger partial charge is 0.0881 e. The standard InChI is InChI=1S/C11H12Br/c12-11-8-4-7-10(11)9-5-2-1-3-6-9/h1-3,5-6,11H,4,7-8H2. The van der Waals surface area contributed by atoms with E-state index in [4.69, 9.17) is 0 Å². The van der Waals surface area contributed by atoms with Gasteiger partial charge in [-0.2, -0.15) is 0 Å². The van der Waals surface area contributed by atoms with E-state index < -0.39 is 0 Å². The fraction of sp³-hybridized carbons (Fsp3) is 0.364. The van der Waals surface area contributed by atoms with E-state index in [1.54, 1.807) is 5.92 Å². The lowest BCUT2D eigenvalue weighted by atomic mass is 9.98. The van der Waals surface area contributed by atoms with Crippen LogP contribution in [-0.4, -0.2) is 4.83 Å². The maximum absolute atomic E-state index is 3.70. The van der Waals surface area contributed by atoms with Crippen LogP contribution >= 0.6 is 15.9 Å². The minimum atomic E-state index is 0.625. The second-order valence-electron chi connectivity index (χ2n) is 3.25. The Morgan fingerprint density at radius 3 is 2.50 bits per heavy atom. The van der Waals surface area contributed by atoms with E-state index in [9.17, 15) is 0 Å². The van der Waals surface area contributed by atoms with Gasteiger partial charge in [-0.3, -0.25) is 0 Å². The van der Waals surface area contributed by atoms with Crippen LogP contribution in [0.5, 0.6) is 0 Å². The van der Waals surface area contributed by atoms with E-state index in [-0.39, 0.29) is 0 Å². The molecule has 1 saturated carbocycles. The summed E-state index contributed by atoms with van der Waals surface area (Å²) in [4.78, 5) is 0.625. The van der Waals surface area contributed by atoms with E-state index in [0.717, 1.165) is 0 Å². The van der Waals surface area contributed by atoms with Crippen molar-refractivity contribution >= 4 is 15.9 Å². The van der Waals surface area contributed by atoms with Gasteiger partial charge in [0.05, 0.1) is 0 Å². The first kappa shape index (κ1) is 8.31. The van der Waals surface area contributed by atoms with Crippen molar-refractivity contribution in [1.82, 2.24) is 0 Å². The molecule has 1 aromatic rings. The number of rotatable bonds is 1. The van der Waals surface area contributed by atoms with Crippen LogP contribution in [0.3, 0.4) is 0 Å². The van der Waals surface area contributed by atoms with Crippen molar-refractivity contribution in [2.24, 2.45) is 0 Å². The summed E-state index contributed by atoms with van der Waals surface area (Å²) in [5.74, 6) is 1.58. The van der Waals surface area contributed by atoms with Gasteiger partial charge < -0.3 is 0 Å². The molecule has 0 nitrogen and oxygen atoms in total. The van der Waals surface area contributed by atoms with Crippen molar-refractivity contribution in [1.29, 1.82) is 0 Å². The molecule has 1 heteroatoms. The van der Waals surface area contributed by atoms with Crippen molar-refractivity contribution in [3.05, 3.63) is 41.8 Å². The van der Waals surface area contributed by atoms with Crippen LogP contribution in [0.15, 0.2) is 30.3 Å². The number of hydrogen-bond donors (Lipinski definition) is 0. The molecule has 12 heavy (non-hydrogen) atoms. The molecule has 0 aliphatic heterocycles. The van der Waals surface area contributed by atoms with E-state index in [1.165, 1.54) is 24.8 Å². The van der Waals surface area contributed by atoms with E-state index in [1.807, 2.05) is 0 Å². The molecule has 1 radical (unpaired) electrons. The van der Waals surface area contributed by atoms with Crippen LogP contribution in [-0.2, 0) is 0 Å². The molecule has 0 bridgehead atoms. The van der Waals surface area contributed by atoms with Gasteiger partial charge in [-0.25, -0.2) is 0 Å². The third kappa shape index (κ3) is 1.56. The SMILES string of the molecule is BrC1CCC[C]1c1ccccc1. The fourth-order valence-corrected chi connectivity index (χ4v) is 2.60. The summed E-state index contributed by atoms with van der Waals surface area (Å²) < 4.78 is 0. The highest BCUT2D eigenvalue weighted by Crippen LogP contribution is 2.37. The number of alkyl halides is 1. The topological polar surface area (TPSA) is 0 Å². The summed E-state index contributed by atoms with van der Waals surface area (Å²) in [6.07, 6.45) is 3.89. The first-order valence-corrected chi connectivity index (χ1v) is 5.35. The summed E-state index contributed by atoms with van der Waals surface area (Å²) in [5.41, 5.74) is 1.41. The highest BCUT2D eigenvalue weighted by Gasteiger charge is 2.26. The molecule has 1 aliphatic carbocycles. The van der Waals surface area contributed by atoms with Gasteiger partial charge in [0.15, 0.2) is 0 Å². The molecule has 1 fully saturated rings. The Bertz CT molecular complexity index is 242. The van der Waals surface area contributed by atoms with Crippen LogP contribution in [0.1, 0.15) is 24.8 Å². The van der Waals surface area contributed by atoms with E-state index >= 15 is 0 Å². The summed E-state index contributed by atoms with van der Waals surface area (Å²) in [5, 5.41) is 0. The molecule has 1 aliphatic rings. The van der Waals surface area contributed by atoms with Gasteiger partial charge >= 0.3 is 0 Å². The Morgan fingerprint density at radius 2 is 1.92 bits per heavy atom. The summed E-state index contributed by atoms with van der Waals surface area (Å²) in [6.45, 7) is 0. The van der Waals surface area contributed by atoms with Crippen molar-refractivity contribution in [2.75, 3.05) is 0 Å². The second-order valence-corrected chi connectivity index (χ2v) is 4.36. The Kier molecular flexibility index (Phi) is 2.50. The fourth-order valence-electron chi connectivity index (χ4n) is 1.78.